The Labute approximate surface area is 309 Å². The molecule has 2 aromatic carbocycles. The van der Waals surface area contributed by atoms with Gasteiger partial charge in [-0.25, -0.2) is 9.59 Å². The summed E-state index contributed by atoms with van der Waals surface area (Å²) in [5, 5.41) is 1.04. The van der Waals surface area contributed by atoms with E-state index in [2.05, 4.69) is 40.7 Å². The van der Waals surface area contributed by atoms with Gasteiger partial charge in [0.05, 0.1) is 5.02 Å². The maximum Gasteiger partial charge on any atom is 0.344 e. The zero-order valence-corrected chi connectivity index (χ0v) is 32.1. The predicted molar refractivity (Wildman–Crippen MR) is 206 cm³/mol. The summed E-state index contributed by atoms with van der Waals surface area (Å²) in [6, 6.07) is 14.4. The van der Waals surface area contributed by atoms with Gasteiger partial charge in [0, 0.05) is 23.9 Å². The lowest BCUT2D eigenvalue weighted by molar-refractivity contribution is -0.154. The zero-order valence-electron chi connectivity index (χ0n) is 31.3. The first-order valence-electron chi connectivity index (χ1n) is 19.8. The van der Waals surface area contributed by atoms with Gasteiger partial charge in [0.2, 0.25) is 0 Å². The Hall–Kier alpha value is -3.05. The molecule has 0 N–H and O–H groups in total. The molecular weight excluding hydrogens is 656 g/mol. The summed E-state index contributed by atoms with van der Waals surface area (Å²) in [7, 11) is 0. The van der Waals surface area contributed by atoms with E-state index in [1.165, 1.54) is 69.4 Å². The first-order valence-corrected chi connectivity index (χ1v) is 20.2. The molecule has 3 fully saturated rings. The van der Waals surface area contributed by atoms with Gasteiger partial charge in [0.25, 0.3) is 0 Å². The van der Waals surface area contributed by atoms with E-state index >= 15 is 0 Å². The minimum atomic E-state index is -0.464. The molecule has 6 unspecified atom stereocenters. The fraction of sp³-hybridized carbons (Fsp3) is 0.600. The van der Waals surface area contributed by atoms with Crippen LogP contribution in [-0.2, 0) is 9.53 Å². The van der Waals surface area contributed by atoms with Gasteiger partial charge in [-0.3, -0.25) is 0 Å². The molecule has 8 atom stereocenters. The Bertz CT molecular complexity index is 1810. The fourth-order valence-corrected chi connectivity index (χ4v) is 11.3. The van der Waals surface area contributed by atoms with Crippen molar-refractivity contribution >= 4 is 28.5 Å². The quantitative estimate of drug-likeness (QED) is 0.119. The highest BCUT2D eigenvalue weighted by atomic mass is 35.5. The molecule has 274 valence electrons. The van der Waals surface area contributed by atoms with Crippen LogP contribution in [0.4, 0.5) is 0 Å². The monoisotopic (exact) mass is 712 g/mol. The molecule has 0 radical (unpaired) electrons. The molecule has 1 heterocycles. The normalized spacial score (nSPS) is 30.9. The molecule has 0 aliphatic heterocycles. The number of allylic oxidation sites excluding steroid dienone is 1. The van der Waals surface area contributed by atoms with Crippen LogP contribution in [0, 0.1) is 46.3 Å². The molecule has 4 aliphatic rings. The van der Waals surface area contributed by atoms with Crippen molar-refractivity contribution in [2.24, 2.45) is 46.3 Å². The van der Waals surface area contributed by atoms with Gasteiger partial charge in [0.15, 0.2) is 6.61 Å². The van der Waals surface area contributed by atoms with Crippen LogP contribution in [0.3, 0.4) is 0 Å². The van der Waals surface area contributed by atoms with Gasteiger partial charge >= 0.3 is 11.6 Å². The molecule has 0 spiro atoms. The van der Waals surface area contributed by atoms with E-state index < -0.39 is 11.6 Å². The van der Waals surface area contributed by atoms with Crippen molar-refractivity contribution in [1.29, 1.82) is 0 Å². The van der Waals surface area contributed by atoms with Crippen molar-refractivity contribution in [1.82, 2.24) is 0 Å². The van der Waals surface area contributed by atoms with Crippen molar-refractivity contribution in [3.05, 3.63) is 75.6 Å². The van der Waals surface area contributed by atoms with E-state index in [0.29, 0.717) is 21.4 Å². The minimum Gasteiger partial charge on any atom is -0.480 e. The Balaban J connectivity index is 0.959. The largest absolute Gasteiger partial charge is 0.480 e. The highest BCUT2D eigenvalue weighted by molar-refractivity contribution is 6.33. The maximum atomic E-state index is 13.1. The number of carbonyl (C=O) groups excluding carboxylic acids is 1. The van der Waals surface area contributed by atoms with Crippen LogP contribution >= 0.6 is 11.6 Å². The Kier molecular flexibility index (Phi) is 10.5. The van der Waals surface area contributed by atoms with Crippen molar-refractivity contribution in [3.8, 4) is 16.9 Å². The second-order valence-electron chi connectivity index (χ2n) is 17.6. The Morgan fingerprint density at radius 1 is 0.980 bits per heavy atom. The number of benzene rings is 2. The lowest BCUT2D eigenvalue weighted by Gasteiger charge is -2.61. The SMILES string of the molecule is CC(C)CCCC(C)C1CCC2C3CC=C4CC(OC(=O)COc5cc6oc(=O)cc(-c7ccccc7)c6cc5Cl)CC[C@]4(C)C3CC[C@]2(C)C1. The van der Waals surface area contributed by atoms with E-state index in [9.17, 15) is 9.59 Å². The van der Waals surface area contributed by atoms with Crippen LogP contribution in [0.1, 0.15) is 112 Å². The second kappa shape index (κ2) is 14.8. The number of hydrogen-bond acceptors (Lipinski definition) is 5. The van der Waals surface area contributed by atoms with Crippen LogP contribution in [0.5, 0.6) is 5.75 Å². The molecule has 3 aromatic rings. The molecule has 0 saturated heterocycles. The fourth-order valence-electron chi connectivity index (χ4n) is 11.1. The van der Waals surface area contributed by atoms with Crippen molar-refractivity contribution < 1.29 is 18.7 Å². The van der Waals surface area contributed by atoms with Crippen LogP contribution in [0.15, 0.2) is 69.4 Å². The summed E-state index contributed by atoms with van der Waals surface area (Å²) in [6.07, 6.45) is 17.4. The Morgan fingerprint density at radius 2 is 1.78 bits per heavy atom. The lowest BCUT2D eigenvalue weighted by atomic mass is 9.44. The molecule has 1 aromatic heterocycles. The van der Waals surface area contributed by atoms with Crippen LogP contribution in [-0.4, -0.2) is 18.7 Å². The van der Waals surface area contributed by atoms with Gasteiger partial charge < -0.3 is 13.9 Å². The van der Waals surface area contributed by atoms with Gasteiger partial charge in [-0.2, -0.15) is 0 Å². The molecule has 4 aliphatic carbocycles. The number of esters is 1. The number of carbonyl (C=O) groups is 1. The first kappa shape index (κ1) is 36.3. The molecule has 0 bridgehead atoms. The number of fused-ring (bicyclic) bond motifs is 6. The maximum absolute atomic E-state index is 13.1. The number of rotatable bonds is 10. The number of halogens is 1. The minimum absolute atomic E-state index is 0.142. The second-order valence-corrected chi connectivity index (χ2v) is 18.0. The molecular formula is C45H57ClO5. The van der Waals surface area contributed by atoms with E-state index in [0.717, 1.165) is 65.9 Å². The van der Waals surface area contributed by atoms with Crippen LogP contribution < -0.4 is 10.4 Å². The summed E-state index contributed by atoms with van der Waals surface area (Å²) in [5.41, 5.74) is 3.69. The van der Waals surface area contributed by atoms with E-state index in [-0.39, 0.29) is 23.9 Å². The number of hydrogen-bond donors (Lipinski definition) is 0. The van der Waals surface area contributed by atoms with Gasteiger partial charge in [-0.1, -0.05) is 107 Å². The zero-order chi connectivity index (χ0) is 35.9. The lowest BCUT2D eigenvalue weighted by Crippen LogP contribution is -2.52. The smallest absolute Gasteiger partial charge is 0.344 e. The first-order chi connectivity index (χ1) is 24.4. The van der Waals surface area contributed by atoms with E-state index in [4.69, 9.17) is 25.5 Å². The Morgan fingerprint density at radius 3 is 2.57 bits per heavy atom. The topological polar surface area (TPSA) is 65.7 Å². The third kappa shape index (κ3) is 7.44. The molecule has 3 saturated carbocycles. The highest BCUT2D eigenvalue weighted by Gasteiger charge is 2.56. The summed E-state index contributed by atoms with van der Waals surface area (Å²) < 4.78 is 17.4. The third-order valence-electron chi connectivity index (χ3n) is 13.9. The van der Waals surface area contributed by atoms with E-state index in [1.807, 2.05) is 30.3 Å². The summed E-state index contributed by atoms with van der Waals surface area (Å²) in [5.74, 6) is 4.76. The summed E-state index contributed by atoms with van der Waals surface area (Å²) in [4.78, 5) is 25.5. The average Bonchev–Trinajstić information content (AvgIpc) is 3.10. The van der Waals surface area contributed by atoms with Crippen molar-refractivity contribution in [2.45, 2.75) is 118 Å². The highest BCUT2D eigenvalue weighted by Crippen LogP contribution is 2.65. The van der Waals surface area contributed by atoms with Gasteiger partial charge in [0.1, 0.15) is 17.4 Å². The van der Waals surface area contributed by atoms with Crippen molar-refractivity contribution in [2.75, 3.05) is 6.61 Å². The predicted octanol–water partition coefficient (Wildman–Crippen LogP) is 11.8. The number of ether oxygens (including phenoxy) is 2. The van der Waals surface area contributed by atoms with Crippen LogP contribution in [0.25, 0.3) is 22.1 Å². The standard InChI is InChI=1S/C45H57ClO5/c1-28(2)10-9-11-29(3)31-14-17-37-34-16-15-32-22-33(18-21-45(32,5)38(34)19-20-44(37,4)26-31)50-43(48)27-49-41-25-40-36(23-39(41)46)35(24-42(47)51-40)30-12-7-6-8-13-30/h6-8,12-13,15,23-25,28-29,31,33-34,37-38H,9-11,14,16-22,26-27H2,1-5H3/t29?,31?,33?,34?,37?,38?,44-,45+/m1/s1. The van der Waals surface area contributed by atoms with Crippen LogP contribution in [0.2, 0.25) is 5.02 Å². The van der Waals surface area contributed by atoms with Crippen molar-refractivity contribution in [3.63, 3.8) is 0 Å². The molecule has 51 heavy (non-hydrogen) atoms. The van der Waals surface area contributed by atoms with Gasteiger partial charge in [-0.05, 0) is 115 Å². The molecule has 5 nitrogen and oxygen atoms in total. The third-order valence-corrected chi connectivity index (χ3v) is 14.2. The summed E-state index contributed by atoms with van der Waals surface area (Å²) >= 11 is 6.62. The molecule has 6 heteroatoms. The molecule has 7 rings (SSSR count). The average molecular weight is 713 g/mol. The van der Waals surface area contributed by atoms with E-state index in [1.54, 1.807) is 12.1 Å². The molecule has 0 amide bonds. The van der Waals surface area contributed by atoms with Gasteiger partial charge in [-0.15, -0.1) is 0 Å². The summed E-state index contributed by atoms with van der Waals surface area (Å²) in [6.45, 7) is 12.1.